The van der Waals surface area contributed by atoms with Crippen LogP contribution in [-0.4, -0.2) is 36.7 Å². The zero-order chi connectivity index (χ0) is 12.8. The van der Waals surface area contributed by atoms with Crippen molar-refractivity contribution in [1.29, 1.82) is 0 Å². The van der Waals surface area contributed by atoms with Crippen LogP contribution in [-0.2, 0) is 0 Å². The van der Waals surface area contributed by atoms with Gasteiger partial charge in [-0.3, -0.25) is 0 Å². The summed E-state index contributed by atoms with van der Waals surface area (Å²) < 4.78 is 0. The van der Waals surface area contributed by atoms with Gasteiger partial charge in [-0.15, -0.1) is 10.2 Å². The Kier molecular flexibility index (Phi) is 4.66. The fourth-order valence-corrected chi connectivity index (χ4v) is 1.35. The minimum absolute atomic E-state index is 0.0376. The molecule has 0 aliphatic carbocycles. The number of hydrogen-bond acceptors (Lipinski definition) is 3. The summed E-state index contributed by atoms with van der Waals surface area (Å²) >= 11 is 0. The summed E-state index contributed by atoms with van der Waals surface area (Å²) in [4.78, 5) is 2.05. The molecule has 0 spiro atoms. The Morgan fingerprint density at radius 1 is 1.12 bits per heavy atom. The summed E-state index contributed by atoms with van der Waals surface area (Å²) in [5.74, 6) is -0.0376. The first kappa shape index (κ1) is 13.2. The Balaban J connectivity index is 3.12. The van der Waals surface area contributed by atoms with E-state index in [4.69, 9.17) is 11.5 Å². The molecule has 1 unspecified atom stereocenters. The lowest BCUT2D eigenvalue weighted by atomic mass is 10.0. The van der Waals surface area contributed by atoms with Crippen LogP contribution in [0.25, 0.3) is 0 Å². The summed E-state index contributed by atoms with van der Waals surface area (Å²) in [7, 11) is 3.97. The molecule has 0 aromatic heterocycles. The number of guanidine groups is 1. The normalized spacial score (nSPS) is 13.5. The maximum Gasteiger partial charge on any atom is 0.211 e. The van der Waals surface area contributed by atoms with E-state index in [1.165, 1.54) is 0 Å². The van der Waals surface area contributed by atoms with Crippen LogP contribution in [0.3, 0.4) is 0 Å². The van der Waals surface area contributed by atoms with Gasteiger partial charge in [0.05, 0.1) is 11.8 Å². The Hall–Kier alpha value is -1.88. The van der Waals surface area contributed by atoms with Gasteiger partial charge in [0.2, 0.25) is 5.96 Å². The summed E-state index contributed by atoms with van der Waals surface area (Å²) in [5, 5.41) is 7.87. The molecule has 0 fully saturated rings. The molecule has 0 saturated heterocycles. The van der Waals surface area contributed by atoms with E-state index in [0.717, 1.165) is 11.3 Å². The largest absolute Gasteiger partial charge is 0.369 e. The highest BCUT2D eigenvalue weighted by molar-refractivity contribution is 6.04. The molecular weight excluding hydrogens is 214 g/mol. The molecule has 1 aromatic carbocycles. The topological polar surface area (TPSA) is 80.0 Å². The lowest BCUT2D eigenvalue weighted by molar-refractivity contribution is 0.381. The third-order valence-corrected chi connectivity index (χ3v) is 2.51. The lowest BCUT2D eigenvalue weighted by Gasteiger charge is -2.21. The van der Waals surface area contributed by atoms with E-state index in [-0.39, 0.29) is 12.0 Å². The number of likely N-dealkylation sites (N-methyl/N-ethyl adjacent to an activating group) is 1. The van der Waals surface area contributed by atoms with Crippen molar-refractivity contribution in [2.24, 2.45) is 21.7 Å². The van der Waals surface area contributed by atoms with Crippen LogP contribution < -0.4 is 11.5 Å². The lowest BCUT2D eigenvalue weighted by Crippen LogP contribution is -2.33. The number of rotatable bonds is 4. The smallest absolute Gasteiger partial charge is 0.211 e. The van der Waals surface area contributed by atoms with Gasteiger partial charge in [-0.05, 0) is 26.6 Å². The van der Waals surface area contributed by atoms with Gasteiger partial charge in [0.25, 0.3) is 0 Å². The Morgan fingerprint density at radius 3 is 2.18 bits per heavy atom. The SMILES string of the molecule is CC(/C(=N\N=C(N)N)c1ccccc1)N(C)C. The van der Waals surface area contributed by atoms with E-state index < -0.39 is 0 Å². The Morgan fingerprint density at radius 2 is 1.71 bits per heavy atom. The molecule has 4 N–H and O–H groups in total. The van der Waals surface area contributed by atoms with Gasteiger partial charge in [0.15, 0.2) is 0 Å². The van der Waals surface area contributed by atoms with Crippen LogP contribution in [0.1, 0.15) is 12.5 Å². The van der Waals surface area contributed by atoms with Crippen LogP contribution in [0.2, 0.25) is 0 Å². The third-order valence-electron chi connectivity index (χ3n) is 2.51. The van der Waals surface area contributed by atoms with Gasteiger partial charge in [-0.1, -0.05) is 30.3 Å². The van der Waals surface area contributed by atoms with Crippen LogP contribution in [0.15, 0.2) is 40.5 Å². The van der Waals surface area contributed by atoms with Crippen LogP contribution in [0.4, 0.5) is 0 Å². The second-order valence-electron chi connectivity index (χ2n) is 4.02. The maximum absolute atomic E-state index is 5.30. The van der Waals surface area contributed by atoms with Crippen molar-refractivity contribution < 1.29 is 0 Å². The second kappa shape index (κ2) is 6.00. The predicted octanol–water partition coefficient (Wildman–Crippen LogP) is 0.614. The van der Waals surface area contributed by atoms with Crippen molar-refractivity contribution in [3.63, 3.8) is 0 Å². The Labute approximate surface area is 102 Å². The zero-order valence-corrected chi connectivity index (χ0v) is 10.5. The molecule has 0 heterocycles. The minimum Gasteiger partial charge on any atom is -0.369 e. The zero-order valence-electron chi connectivity index (χ0n) is 10.5. The van der Waals surface area contributed by atoms with Gasteiger partial charge in [-0.2, -0.15) is 0 Å². The highest BCUT2D eigenvalue weighted by Crippen LogP contribution is 2.08. The molecule has 0 aliphatic heterocycles. The maximum atomic E-state index is 5.30. The van der Waals surface area contributed by atoms with E-state index in [1.807, 2.05) is 56.3 Å². The van der Waals surface area contributed by atoms with Crippen molar-refractivity contribution in [1.82, 2.24) is 4.90 Å². The van der Waals surface area contributed by atoms with Crippen molar-refractivity contribution in [2.75, 3.05) is 14.1 Å². The van der Waals surface area contributed by atoms with Crippen molar-refractivity contribution in [3.8, 4) is 0 Å². The van der Waals surface area contributed by atoms with E-state index in [2.05, 4.69) is 10.2 Å². The van der Waals surface area contributed by atoms with Gasteiger partial charge in [-0.25, -0.2) is 0 Å². The minimum atomic E-state index is -0.0376. The average molecular weight is 233 g/mol. The molecule has 5 nitrogen and oxygen atoms in total. The van der Waals surface area contributed by atoms with Crippen LogP contribution in [0.5, 0.6) is 0 Å². The number of nitrogens with zero attached hydrogens (tertiary/aromatic N) is 3. The first-order valence-electron chi connectivity index (χ1n) is 5.40. The fraction of sp³-hybridized carbons (Fsp3) is 0.333. The van der Waals surface area contributed by atoms with E-state index in [0.29, 0.717) is 0 Å². The van der Waals surface area contributed by atoms with Gasteiger partial charge in [0.1, 0.15) is 0 Å². The first-order chi connectivity index (χ1) is 8.02. The van der Waals surface area contributed by atoms with E-state index in [1.54, 1.807) is 0 Å². The molecule has 0 amide bonds. The molecule has 0 aliphatic rings. The number of nitrogens with two attached hydrogens (primary N) is 2. The molecule has 1 aromatic rings. The van der Waals surface area contributed by atoms with Gasteiger partial charge >= 0.3 is 0 Å². The fourth-order valence-electron chi connectivity index (χ4n) is 1.35. The highest BCUT2D eigenvalue weighted by atomic mass is 15.3. The van der Waals surface area contributed by atoms with E-state index >= 15 is 0 Å². The molecule has 0 radical (unpaired) electrons. The monoisotopic (exact) mass is 233 g/mol. The van der Waals surface area contributed by atoms with Crippen LogP contribution in [0, 0.1) is 0 Å². The number of hydrogen-bond donors (Lipinski definition) is 2. The van der Waals surface area contributed by atoms with Crippen molar-refractivity contribution in [2.45, 2.75) is 13.0 Å². The second-order valence-corrected chi connectivity index (χ2v) is 4.02. The number of benzene rings is 1. The van der Waals surface area contributed by atoms with E-state index in [9.17, 15) is 0 Å². The molecule has 0 bridgehead atoms. The summed E-state index contributed by atoms with van der Waals surface area (Å²) in [6.45, 7) is 2.05. The summed E-state index contributed by atoms with van der Waals surface area (Å²) in [5.41, 5.74) is 12.5. The molecule has 92 valence electrons. The summed E-state index contributed by atoms with van der Waals surface area (Å²) in [6, 6.07) is 9.98. The van der Waals surface area contributed by atoms with Crippen LogP contribution >= 0.6 is 0 Å². The van der Waals surface area contributed by atoms with Gasteiger partial charge in [0, 0.05) is 0 Å². The first-order valence-corrected chi connectivity index (χ1v) is 5.40. The predicted molar refractivity (Wildman–Crippen MR) is 71.9 cm³/mol. The molecule has 0 saturated carbocycles. The van der Waals surface area contributed by atoms with Crippen molar-refractivity contribution in [3.05, 3.63) is 35.9 Å². The molecule has 5 heteroatoms. The Bertz CT molecular complexity index is 404. The molecule has 17 heavy (non-hydrogen) atoms. The standard InChI is InChI=1S/C12H19N5/c1-9(17(2)3)11(15-16-12(13)14)10-7-5-4-6-8-10/h4-9H,1-3H3,(H4,13,14,16)/b15-11+. The summed E-state index contributed by atoms with van der Waals surface area (Å²) in [6.07, 6.45) is 0. The van der Waals surface area contributed by atoms with Crippen molar-refractivity contribution >= 4 is 11.7 Å². The highest BCUT2D eigenvalue weighted by Gasteiger charge is 2.14. The average Bonchev–Trinajstić information content (AvgIpc) is 2.30. The quantitative estimate of drug-likeness (QED) is 0.454. The molecular formula is C12H19N5. The molecule has 1 atom stereocenters. The third kappa shape index (κ3) is 3.88. The molecule has 1 rings (SSSR count). The van der Waals surface area contributed by atoms with Gasteiger partial charge < -0.3 is 16.4 Å².